The number of hydrogen-bond acceptors (Lipinski definition) is 8. The first-order chi connectivity index (χ1) is 16.9. The number of aromatic nitrogens is 3. The molecule has 6 atom stereocenters. The molecule has 0 spiro atoms. The van der Waals surface area contributed by atoms with Crippen LogP contribution < -0.4 is 0 Å². The number of carbonyl (C=O) groups excluding carboxylic acids is 1. The molecule has 1 N–H and O–H groups in total. The highest BCUT2D eigenvalue weighted by Crippen LogP contribution is 2.39. The van der Waals surface area contributed by atoms with Crippen LogP contribution >= 0.6 is 0 Å². The summed E-state index contributed by atoms with van der Waals surface area (Å²) in [7, 11) is 1.16. The van der Waals surface area contributed by atoms with E-state index in [2.05, 4.69) is 10.3 Å². The molecule has 2 aliphatic rings. The highest BCUT2D eigenvalue weighted by atomic mass is 19.2. The number of hydrogen-bond donors (Lipinski definition) is 1. The SMILES string of the molecule is COC(=O)[C@@H]1O[C@@H]2CO[C@@H](c3ccccc3)O[C@@H]2[C@H](n2cc(-c3cc(F)c(F)c(F)c3)nn2)[C@H]1O. The third-order valence-electron chi connectivity index (χ3n) is 5.98. The lowest BCUT2D eigenvalue weighted by molar-refractivity contribution is -0.314. The van der Waals surface area contributed by atoms with E-state index in [0.29, 0.717) is 0 Å². The maximum Gasteiger partial charge on any atom is 0.337 e. The number of aliphatic hydroxyl groups is 1. The number of carbonyl (C=O) groups is 1. The molecule has 0 aliphatic carbocycles. The fourth-order valence-electron chi connectivity index (χ4n) is 4.27. The van der Waals surface area contributed by atoms with Crippen LogP contribution in [0.3, 0.4) is 0 Å². The van der Waals surface area contributed by atoms with Crippen molar-refractivity contribution in [3.63, 3.8) is 0 Å². The number of rotatable bonds is 4. The minimum atomic E-state index is -1.60. The zero-order chi connectivity index (χ0) is 24.7. The van der Waals surface area contributed by atoms with E-state index in [1.165, 1.54) is 10.9 Å². The van der Waals surface area contributed by atoms with Crippen LogP contribution in [0.2, 0.25) is 0 Å². The van der Waals surface area contributed by atoms with Gasteiger partial charge in [-0.15, -0.1) is 5.10 Å². The Bertz CT molecular complexity index is 1200. The summed E-state index contributed by atoms with van der Waals surface area (Å²) in [5.74, 6) is -5.18. The molecular weight excluding hydrogens is 471 g/mol. The van der Waals surface area contributed by atoms with Crippen molar-refractivity contribution < 1.29 is 42.0 Å². The Morgan fingerprint density at radius 1 is 1.14 bits per heavy atom. The average molecular weight is 491 g/mol. The smallest absolute Gasteiger partial charge is 0.337 e. The van der Waals surface area contributed by atoms with Crippen molar-refractivity contribution in [2.45, 2.75) is 36.7 Å². The molecule has 5 rings (SSSR count). The molecule has 0 amide bonds. The summed E-state index contributed by atoms with van der Waals surface area (Å²) in [6.07, 6.45) is -3.95. The normalized spacial score (nSPS) is 28.4. The van der Waals surface area contributed by atoms with Crippen molar-refractivity contribution in [1.82, 2.24) is 15.0 Å². The molecule has 2 aliphatic heterocycles. The second-order valence-electron chi connectivity index (χ2n) is 8.11. The van der Waals surface area contributed by atoms with Gasteiger partial charge in [0, 0.05) is 11.1 Å². The Kier molecular flexibility index (Phi) is 6.28. The van der Waals surface area contributed by atoms with Crippen LogP contribution in [-0.4, -0.2) is 64.2 Å². The zero-order valence-corrected chi connectivity index (χ0v) is 18.3. The maximum absolute atomic E-state index is 13.7. The van der Waals surface area contributed by atoms with Crippen LogP contribution in [0.5, 0.6) is 0 Å². The van der Waals surface area contributed by atoms with E-state index >= 15 is 0 Å². The highest BCUT2D eigenvalue weighted by Gasteiger charge is 2.53. The van der Waals surface area contributed by atoms with Gasteiger partial charge in [-0.05, 0) is 12.1 Å². The Morgan fingerprint density at radius 2 is 1.86 bits per heavy atom. The van der Waals surface area contributed by atoms with Gasteiger partial charge >= 0.3 is 5.97 Å². The number of benzene rings is 2. The van der Waals surface area contributed by atoms with Crippen molar-refractivity contribution in [3.8, 4) is 11.3 Å². The van der Waals surface area contributed by atoms with Gasteiger partial charge in [0.15, 0.2) is 29.8 Å². The Hall–Kier alpha value is -3.32. The van der Waals surface area contributed by atoms with E-state index in [-0.39, 0.29) is 17.9 Å². The molecule has 0 unspecified atom stereocenters. The summed E-state index contributed by atoms with van der Waals surface area (Å²) in [5.41, 5.74) is 0.676. The van der Waals surface area contributed by atoms with Gasteiger partial charge in [0.1, 0.15) is 30.0 Å². The molecule has 0 bridgehead atoms. The first kappa shape index (κ1) is 23.4. The van der Waals surface area contributed by atoms with Gasteiger partial charge in [0.25, 0.3) is 0 Å². The summed E-state index contributed by atoms with van der Waals surface area (Å²) < 4.78 is 64.5. The zero-order valence-electron chi connectivity index (χ0n) is 18.3. The minimum absolute atomic E-state index is 0.0133. The van der Waals surface area contributed by atoms with Crippen LogP contribution in [0, 0.1) is 17.5 Å². The Morgan fingerprint density at radius 3 is 2.54 bits per heavy atom. The number of fused-ring (bicyclic) bond motifs is 1. The predicted octanol–water partition coefficient (Wildman–Crippen LogP) is 2.32. The van der Waals surface area contributed by atoms with Crippen LogP contribution in [0.15, 0.2) is 48.7 Å². The highest BCUT2D eigenvalue weighted by molar-refractivity contribution is 5.75. The van der Waals surface area contributed by atoms with Crippen molar-refractivity contribution in [2.75, 3.05) is 13.7 Å². The number of ether oxygens (including phenoxy) is 4. The Balaban J connectivity index is 1.50. The summed E-state index contributed by atoms with van der Waals surface area (Å²) in [6, 6.07) is 9.64. The molecule has 3 aromatic rings. The minimum Gasteiger partial charge on any atom is -0.467 e. The largest absolute Gasteiger partial charge is 0.467 e. The summed E-state index contributed by atoms with van der Waals surface area (Å²) in [6.45, 7) is 0.0386. The van der Waals surface area contributed by atoms with Crippen molar-refractivity contribution >= 4 is 5.97 Å². The van der Waals surface area contributed by atoms with Crippen LogP contribution in [0.25, 0.3) is 11.3 Å². The second kappa shape index (κ2) is 9.38. The molecule has 35 heavy (non-hydrogen) atoms. The number of esters is 1. The fourth-order valence-corrected chi connectivity index (χ4v) is 4.27. The first-order valence-corrected chi connectivity index (χ1v) is 10.7. The van der Waals surface area contributed by atoms with Gasteiger partial charge in [-0.2, -0.15) is 0 Å². The van der Waals surface area contributed by atoms with Crippen molar-refractivity contribution in [3.05, 3.63) is 71.7 Å². The lowest BCUT2D eigenvalue weighted by Gasteiger charge is -2.47. The molecule has 12 heteroatoms. The van der Waals surface area contributed by atoms with Gasteiger partial charge in [-0.1, -0.05) is 35.5 Å². The van der Waals surface area contributed by atoms with Crippen LogP contribution in [-0.2, 0) is 23.7 Å². The third kappa shape index (κ3) is 4.29. The molecule has 2 aromatic carbocycles. The van der Waals surface area contributed by atoms with Gasteiger partial charge in [0.05, 0.1) is 19.9 Å². The monoisotopic (exact) mass is 491 g/mol. The third-order valence-corrected chi connectivity index (χ3v) is 5.98. The molecule has 0 saturated carbocycles. The van der Waals surface area contributed by atoms with Crippen molar-refractivity contribution in [2.24, 2.45) is 0 Å². The van der Waals surface area contributed by atoms with E-state index in [4.69, 9.17) is 18.9 Å². The molecular formula is C23H20F3N3O6. The topological polar surface area (TPSA) is 105 Å². The van der Waals surface area contributed by atoms with Crippen molar-refractivity contribution in [1.29, 1.82) is 0 Å². The number of nitrogens with zero attached hydrogens (tertiary/aromatic N) is 3. The lowest BCUT2D eigenvalue weighted by atomic mass is 9.91. The summed E-state index contributed by atoms with van der Waals surface area (Å²) in [5, 5.41) is 19.0. The Labute approximate surface area is 197 Å². The van der Waals surface area contributed by atoms with Gasteiger partial charge < -0.3 is 24.1 Å². The lowest BCUT2D eigenvalue weighted by Crippen LogP contribution is -2.61. The second-order valence-corrected chi connectivity index (χ2v) is 8.11. The first-order valence-electron chi connectivity index (χ1n) is 10.7. The molecule has 1 aromatic heterocycles. The molecule has 0 radical (unpaired) electrons. The van der Waals surface area contributed by atoms with E-state index in [1.54, 1.807) is 0 Å². The summed E-state index contributed by atoms with van der Waals surface area (Å²) in [4.78, 5) is 12.3. The molecule has 184 valence electrons. The van der Waals surface area contributed by atoms with Gasteiger partial charge in [-0.3, -0.25) is 0 Å². The maximum atomic E-state index is 13.7. The van der Waals surface area contributed by atoms with E-state index < -0.39 is 60.2 Å². The standard InChI is InChI=1S/C23H20F3N3O6/c1-32-22(31)21-19(30)18(20-16(34-21)10-33-23(35-20)11-5-3-2-4-6-11)29-9-15(27-28-29)12-7-13(24)17(26)14(25)8-12/h2-9,16,18-21,23,30H,10H2,1H3/t16-,18-,19-,20+,21-,23-/m1/s1. The number of methoxy groups -OCH3 is 1. The van der Waals surface area contributed by atoms with E-state index in [0.717, 1.165) is 24.8 Å². The molecule has 2 saturated heterocycles. The number of aliphatic hydroxyl groups excluding tert-OH is 1. The van der Waals surface area contributed by atoms with Crippen LogP contribution in [0.4, 0.5) is 13.2 Å². The van der Waals surface area contributed by atoms with E-state index in [1.807, 2.05) is 30.3 Å². The van der Waals surface area contributed by atoms with Crippen LogP contribution in [0.1, 0.15) is 17.9 Å². The molecule has 2 fully saturated rings. The van der Waals surface area contributed by atoms with E-state index in [9.17, 15) is 23.1 Å². The number of halogens is 3. The predicted molar refractivity (Wildman–Crippen MR) is 111 cm³/mol. The molecule has 3 heterocycles. The van der Waals surface area contributed by atoms with Gasteiger partial charge in [-0.25, -0.2) is 22.6 Å². The average Bonchev–Trinajstić information content (AvgIpc) is 3.36. The summed E-state index contributed by atoms with van der Waals surface area (Å²) >= 11 is 0. The molecule has 9 nitrogen and oxygen atoms in total. The quantitative estimate of drug-likeness (QED) is 0.438. The van der Waals surface area contributed by atoms with Gasteiger partial charge in [0.2, 0.25) is 0 Å². The fraction of sp³-hybridized carbons (Fsp3) is 0.348.